The number of carbonyl (C=O) groups is 1. The maximum absolute atomic E-state index is 12.9. The highest BCUT2D eigenvalue weighted by Crippen LogP contribution is 2.38. The molecule has 0 radical (unpaired) electrons. The molecule has 7 nitrogen and oxygen atoms in total. The Balaban J connectivity index is 0.00000225. The smallest absolute Gasteiger partial charge is 0.257 e. The summed E-state index contributed by atoms with van der Waals surface area (Å²) in [7, 11) is 1.55. The molecule has 28 heavy (non-hydrogen) atoms. The molecule has 0 spiro atoms. The highest BCUT2D eigenvalue weighted by molar-refractivity contribution is 6.31. The summed E-state index contributed by atoms with van der Waals surface area (Å²) >= 11 is 6.05. The van der Waals surface area contributed by atoms with Crippen LogP contribution < -0.4 is 10.5 Å². The second-order valence-electron chi connectivity index (χ2n) is 7.38. The van der Waals surface area contributed by atoms with Crippen LogP contribution in [-0.2, 0) is 5.54 Å². The molecule has 0 unspecified atom stereocenters. The number of amides is 1. The topological polar surface area (TPSA) is 94.5 Å². The summed E-state index contributed by atoms with van der Waals surface area (Å²) in [5, 5.41) is 4.61. The van der Waals surface area contributed by atoms with E-state index in [1.54, 1.807) is 25.3 Å². The van der Waals surface area contributed by atoms with Crippen molar-refractivity contribution in [1.29, 1.82) is 0 Å². The van der Waals surface area contributed by atoms with E-state index in [-0.39, 0.29) is 24.2 Å². The summed E-state index contributed by atoms with van der Waals surface area (Å²) in [5.74, 6) is 1.86. The van der Waals surface area contributed by atoms with Gasteiger partial charge in [0.25, 0.3) is 5.91 Å². The zero-order chi connectivity index (χ0) is 19.0. The second kappa shape index (κ2) is 8.27. The largest absolute Gasteiger partial charge is 0.496 e. The fourth-order valence-electron chi connectivity index (χ4n) is 3.73. The van der Waals surface area contributed by atoms with Crippen molar-refractivity contribution in [3.05, 3.63) is 40.5 Å². The van der Waals surface area contributed by atoms with Gasteiger partial charge in [-0.25, -0.2) is 0 Å². The first-order valence-electron chi connectivity index (χ1n) is 9.26. The maximum Gasteiger partial charge on any atom is 0.257 e. The van der Waals surface area contributed by atoms with Gasteiger partial charge in [0.15, 0.2) is 5.82 Å². The number of hydrogen-bond acceptors (Lipinski definition) is 6. The summed E-state index contributed by atoms with van der Waals surface area (Å²) in [6, 6.07) is 5.08. The summed E-state index contributed by atoms with van der Waals surface area (Å²) < 4.78 is 10.8. The molecule has 1 saturated carbocycles. The van der Waals surface area contributed by atoms with E-state index in [1.165, 1.54) is 0 Å². The Labute approximate surface area is 175 Å². The van der Waals surface area contributed by atoms with Gasteiger partial charge in [0.05, 0.1) is 18.2 Å². The number of halogens is 2. The van der Waals surface area contributed by atoms with Gasteiger partial charge in [0.2, 0.25) is 5.89 Å². The Kier molecular flexibility index (Phi) is 6.17. The van der Waals surface area contributed by atoms with Crippen molar-refractivity contribution in [2.45, 2.75) is 43.6 Å². The van der Waals surface area contributed by atoms with Crippen LogP contribution in [0.25, 0.3) is 0 Å². The van der Waals surface area contributed by atoms with Gasteiger partial charge in [-0.15, -0.1) is 12.4 Å². The lowest BCUT2D eigenvalue weighted by Gasteiger charge is -2.34. The molecule has 1 aliphatic carbocycles. The number of nitrogens with two attached hydrogens (primary N) is 1. The molecular weight excluding hydrogens is 403 g/mol. The third-order valence-electron chi connectivity index (χ3n) is 5.66. The molecule has 2 fully saturated rings. The Morgan fingerprint density at radius 3 is 2.68 bits per heavy atom. The van der Waals surface area contributed by atoms with Gasteiger partial charge in [0, 0.05) is 24.0 Å². The number of ether oxygens (including phenoxy) is 1. The number of nitrogens with zero attached hydrogens (tertiary/aromatic N) is 3. The van der Waals surface area contributed by atoms with Crippen molar-refractivity contribution in [3.8, 4) is 5.75 Å². The average molecular weight is 427 g/mol. The monoisotopic (exact) mass is 426 g/mol. The maximum atomic E-state index is 12.9. The number of methoxy groups -OCH3 is 1. The van der Waals surface area contributed by atoms with Crippen LogP contribution in [0.4, 0.5) is 0 Å². The Hall–Kier alpha value is -1.83. The van der Waals surface area contributed by atoms with Crippen molar-refractivity contribution >= 4 is 29.9 Å². The molecule has 1 aromatic carbocycles. The lowest BCUT2D eigenvalue weighted by Crippen LogP contribution is -2.44. The number of piperidine rings is 1. The molecule has 152 valence electrons. The highest BCUT2D eigenvalue weighted by atomic mass is 35.5. The van der Waals surface area contributed by atoms with Crippen LogP contribution in [0.3, 0.4) is 0 Å². The van der Waals surface area contributed by atoms with E-state index < -0.39 is 5.54 Å². The van der Waals surface area contributed by atoms with E-state index in [0.29, 0.717) is 41.1 Å². The number of benzene rings is 1. The van der Waals surface area contributed by atoms with Gasteiger partial charge in [-0.3, -0.25) is 4.79 Å². The molecule has 1 amide bonds. The molecule has 1 saturated heterocycles. The fourth-order valence-corrected chi connectivity index (χ4v) is 3.90. The van der Waals surface area contributed by atoms with Gasteiger partial charge in [-0.05, 0) is 50.3 Å². The predicted octanol–water partition coefficient (Wildman–Crippen LogP) is 3.51. The number of carbonyl (C=O) groups excluding carboxylic acids is 1. The minimum atomic E-state index is -0.415. The van der Waals surface area contributed by atoms with Crippen LogP contribution in [0, 0.1) is 0 Å². The van der Waals surface area contributed by atoms with Crippen LogP contribution in [0.15, 0.2) is 22.7 Å². The van der Waals surface area contributed by atoms with E-state index in [1.807, 2.05) is 4.90 Å². The first-order chi connectivity index (χ1) is 13.0. The lowest BCUT2D eigenvalue weighted by molar-refractivity contribution is 0.0701. The molecule has 0 atom stereocenters. The van der Waals surface area contributed by atoms with Gasteiger partial charge >= 0.3 is 0 Å². The number of likely N-dealkylation sites (tertiary alicyclic amines) is 1. The van der Waals surface area contributed by atoms with E-state index in [2.05, 4.69) is 10.1 Å². The van der Waals surface area contributed by atoms with Crippen molar-refractivity contribution in [1.82, 2.24) is 15.0 Å². The third-order valence-corrected chi connectivity index (χ3v) is 5.89. The zero-order valence-electron chi connectivity index (χ0n) is 15.7. The number of aromatic nitrogens is 2. The molecular formula is C19H24Cl2N4O3. The van der Waals surface area contributed by atoms with E-state index >= 15 is 0 Å². The molecule has 2 aromatic rings. The summed E-state index contributed by atoms with van der Waals surface area (Å²) in [6.45, 7) is 1.23. The van der Waals surface area contributed by atoms with Crippen LogP contribution in [0.1, 0.15) is 60.1 Å². The standard InChI is InChI=1S/C19H23ClN4O3.ClH/c1-26-15-4-3-13(20)11-14(15)17(25)24-9-5-12(6-10-24)16-22-18(23-27-16)19(21)7-2-8-19;/h3-4,11-12H,2,5-10,21H2,1H3;1H. The molecule has 2 N–H and O–H groups in total. The Bertz CT molecular complexity index is 845. The van der Waals surface area contributed by atoms with Crippen LogP contribution >= 0.6 is 24.0 Å². The molecule has 1 aliphatic heterocycles. The quantitative estimate of drug-likeness (QED) is 0.803. The molecule has 0 bridgehead atoms. The second-order valence-corrected chi connectivity index (χ2v) is 7.81. The molecule has 4 rings (SSSR count). The normalized spacial score (nSPS) is 18.9. The molecule has 2 heterocycles. The number of rotatable bonds is 4. The van der Waals surface area contributed by atoms with E-state index in [0.717, 1.165) is 32.1 Å². The average Bonchev–Trinajstić information content (AvgIpc) is 3.16. The van der Waals surface area contributed by atoms with E-state index in [4.69, 9.17) is 26.6 Å². The first kappa shape index (κ1) is 20.9. The highest BCUT2D eigenvalue weighted by Gasteiger charge is 2.40. The van der Waals surface area contributed by atoms with Crippen molar-refractivity contribution in [2.24, 2.45) is 5.73 Å². The summed E-state index contributed by atoms with van der Waals surface area (Å²) in [4.78, 5) is 19.2. The third kappa shape index (κ3) is 3.83. The molecule has 2 aliphatic rings. The van der Waals surface area contributed by atoms with E-state index in [9.17, 15) is 4.79 Å². The minimum absolute atomic E-state index is 0. The zero-order valence-corrected chi connectivity index (χ0v) is 17.3. The summed E-state index contributed by atoms with van der Waals surface area (Å²) in [6.07, 6.45) is 4.45. The minimum Gasteiger partial charge on any atom is -0.496 e. The fraction of sp³-hybridized carbons (Fsp3) is 0.526. The molecule has 1 aromatic heterocycles. The van der Waals surface area contributed by atoms with Crippen molar-refractivity contribution in [2.75, 3.05) is 20.2 Å². The number of hydrogen-bond donors (Lipinski definition) is 1. The first-order valence-corrected chi connectivity index (χ1v) is 9.64. The Morgan fingerprint density at radius 2 is 2.07 bits per heavy atom. The van der Waals surface area contributed by atoms with Gasteiger partial charge in [-0.2, -0.15) is 4.98 Å². The summed E-state index contributed by atoms with van der Waals surface area (Å²) in [5.41, 5.74) is 6.34. The van der Waals surface area contributed by atoms with Crippen LogP contribution in [-0.4, -0.2) is 41.1 Å². The predicted molar refractivity (Wildman–Crippen MR) is 107 cm³/mol. The van der Waals surface area contributed by atoms with Crippen molar-refractivity contribution < 1.29 is 14.1 Å². The van der Waals surface area contributed by atoms with Gasteiger partial charge in [-0.1, -0.05) is 16.8 Å². The van der Waals surface area contributed by atoms with Gasteiger partial charge < -0.3 is 19.9 Å². The Morgan fingerprint density at radius 1 is 1.36 bits per heavy atom. The van der Waals surface area contributed by atoms with Crippen molar-refractivity contribution in [3.63, 3.8) is 0 Å². The van der Waals surface area contributed by atoms with Crippen LogP contribution in [0.5, 0.6) is 5.75 Å². The van der Waals surface area contributed by atoms with Gasteiger partial charge in [0.1, 0.15) is 5.75 Å². The SMILES string of the molecule is COc1ccc(Cl)cc1C(=O)N1CCC(c2nc(C3(N)CCC3)no2)CC1.Cl. The van der Waals surface area contributed by atoms with Crippen LogP contribution in [0.2, 0.25) is 5.02 Å². The molecule has 9 heteroatoms. The lowest BCUT2D eigenvalue weighted by atomic mass is 9.77.